The number of nitrogen functional groups attached to an aromatic ring is 1. The number of nitrogens with two attached hydrogens (primary N) is 1. The molecular weight excluding hydrogens is 279 g/mol. The van der Waals surface area contributed by atoms with Gasteiger partial charge in [0.1, 0.15) is 10.8 Å². The number of rotatable bonds is 2. The van der Waals surface area contributed by atoms with E-state index < -0.39 is 17.5 Å². The van der Waals surface area contributed by atoms with Crippen molar-refractivity contribution in [3.05, 3.63) is 40.3 Å². The summed E-state index contributed by atoms with van der Waals surface area (Å²) in [5, 5.41) is 4.32. The molecule has 0 radical (unpaired) electrons. The van der Waals surface area contributed by atoms with E-state index in [0.29, 0.717) is 5.69 Å². The van der Waals surface area contributed by atoms with Crippen molar-refractivity contribution in [2.24, 2.45) is 0 Å². The van der Waals surface area contributed by atoms with Gasteiger partial charge in [0.05, 0.1) is 11.4 Å². The molecule has 1 aromatic carbocycles. The zero-order valence-corrected chi connectivity index (χ0v) is 11.0. The van der Waals surface area contributed by atoms with Gasteiger partial charge in [-0.05, 0) is 5.92 Å². The van der Waals surface area contributed by atoms with Crippen LogP contribution in [0.1, 0.15) is 25.5 Å². The summed E-state index contributed by atoms with van der Waals surface area (Å²) < 4.78 is 40.4. The minimum atomic E-state index is -1.54. The SMILES string of the molecule is CC(C)c1nn(-c2cc(F)c(F)c(F)c2)c(N)c1Cl. The first kappa shape index (κ1) is 13.7. The predicted molar refractivity (Wildman–Crippen MR) is 66.9 cm³/mol. The lowest BCUT2D eigenvalue weighted by Gasteiger charge is -2.05. The van der Waals surface area contributed by atoms with Gasteiger partial charge in [0.25, 0.3) is 0 Å². The highest BCUT2D eigenvalue weighted by Gasteiger charge is 2.19. The molecule has 0 amide bonds. The summed E-state index contributed by atoms with van der Waals surface area (Å²) in [7, 11) is 0. The van der Waals surface area contributed by atoms with Crippen LogP contribution in [0.5, 0.6) is 0 Å². The second-order valence-corrected chi connectivity index (χ2v) is 4.75. The van der Waals surface area contributed by atoms with E-state index >= 15 is 0 Å². The van der Waals surface area contributed by atoms with Gasteiger partial charge < -0.3 is 5.73 Å². The Balaban J connectivity index is 2.63. The van der Waals surface area contributed by atoms with Gasteiger partial charge in [-0.25, -0.2) is 17.9 Å². The average molecular weight is 290 g/mol. The van der Waals surface area contributed by atoms with Crippen LogP contribution in [0, 0.1) is 17.5 Å². The van der Waals surface area contributed by atoms with Crippen molar-refractivity contribution in [2.45, 2.75) is 19.8 Å². The summed E-state index contributed by atoms with van der Waals surface area (Å²) in [6, 6.07) is 1.62. The van der Waals surface area contributed by atoms with Crippen LogP contribution < -0.4 is 5.73 Å². The summed E-state index contributed by atoms with van der Waals surface area (Å²) in [6.07, 6.45) is 0. The molecule has 0 bridgehead atoms. The number of benzene rings is 1. The molecule has 0 unspecified atom stereocenters. The van der Waals surface area contributed by atoms with E-state index in [2.05, 4.69) is 5.10 Å². The Morgan fingerprint density at radius 1 is 1.21 bits per heavy atom. The molecule has 2 aromatic rings. The number of halogens is 4. The fourth-order valence-electron chi connectivity index (χ4n) is 1.66. The molecule has 0 aliphatic heterocycles. The molecule has 0 saturated heterocycles. The topological polar surface area (TPSA) is 43.8 Å². The molecule has 102 valence electrons. The Kier molecular flexibility index (Phi) is 3.45. The fraction of sp³-hybridized carbons (Fsp3) is 0.250. The summed E-state index contributed by atoms with van der Waals surface area (Å²) in [5.41, 5.74) is 6.22. The maximum Gasteiger partial charge on any atom is 0.194 e. The minimum Gasteiger partial charge on any atom is -0.382 e. The van der Waals surface area contributed by atoms with Gasteiger partial charge in [0.2, 0.25) is 0 Å². The Hall–Kier alpha value is -1.69. The smallest absolute Gasteiger partial charge is 0.194 e. The third-order valence-electron chi connectivity index (χ3n) is 2.65. The van der Waals surface area contributed by atoms with Crippen molar-refractivity contribution in [1.82, 2.24) is 9.78 Å². The minimum absolute atomic E-state index is 0.00816. The van der Waals surface area contributed by atoms with E-state index in [9.17, 15) is 13.2 Å². The normalized spacial score (nSPS) is 11.3. The van der Waals surface area contributed by atoms with Gasteiger partial charge in [-0.3, -0.25) is 0 Å². The molecular formula is C12H11ClF3N3. The van der Waals surface area contributed by atoms with Crippen LogP contribution in [0.4, 0.5) is 19.0 Å². The average Bonchev–Trinajstić information content (AvgIpc) is 2.63. The molecule has 0 aliphatic rings. The van der Waals surface area contributed by atoms with Gasteiger partial charge in [0, 0.05) is 12.1 Å². The van der Waals surface area contributed by atoms with Gasteiger partial charge >= 0.3 is 0 Å². The Labute approximate surface area is 112 Å². The predicted octanol–water partition coefficient (Wildman–Crippen LogP) is 3.65. The van der Waals surface area contributed by atoms with Crippen LogP contribution in [0.25, 0.3) is 5.69 Å². The monoisotopic (exact) mass is 289 g/mol. The second kappa shape index (κ2) is 4.77. The third-order valence-corrected chi connectivity index (χ3v) is 3.03. The van der Waals surface area contributed by atoms with E-state index in [1.165, 1.54) is 0 Å². The lowest BCUT2D eigenvalue weighted by atomic mass is 10.1. The first-order valence-corrected chi connectivity index (χ1v) is 5.89. The molecule has 0 saturated carbocycles. The highest BCUT2D eigenvalue weighted by Crippen LogP contribution is 2.31. The van der Waals surface area contributed by atoms with Crippen LogP contribution in [-0.2, 0) is 0 Å². The van der Waals surface area contributed by atoms with Crippen molar-refractivity contribution < 1.29 is 13.2 Å². The van der Waals surface area contributed by atoms with E-state index in [-0.39, 0.29) is 22.4 Å². The van der Waals surface area contributed by atoms with E-state index in [0.717, 1.165) is 16.8 Å². The largest absolute Gasteiger partial charge is 0.382 e. The van der Waals surface area contributed by atoms with Crippen LogP contribution in [0.15, 0.2) is 12.1 Å². The quantitative estimate of drug-likeness (QED) is 0.858. The standard InChI is InChI=1S/C12H11ClF3N3/c1-5(2)11-9(13)12(17)19(18-11)6-3-7(14)10(16)8(15)4-6/h3-5H,17H2,1-2H3. The molecule has 19 heavy (non-hydrogen) atoms. The summed E-state index contributed by atoms with van der Waals surface area (Å²) >= 11 is 6.00. The zero-order valence-electron chi connectivity index (χ0n) is 10.2. The van der Waals surface area contributed by atoms with E-state index in [1.807, 2.05) is 13.8 Å². The first-order chi connectivity index (χ1) is 8.82. The van der Waals surface area contributed by atoms with Crippen LogP contribution in [0.3, 0.4) is 0 Å². The molecule has 1 aromatic heterocycles. The first-order valence-electron chi connectivity index (χ1n) is 5.51. The maximum absolute atomic E-state index is 13.2. The number of hydrogen-bond donors (Lipinski definition) is 1. The molecule has 0 aliphatic carbocycles. The van der Waals surface area contributed by atoms with Gasteiger partial charge in [-0.2, -0.15) is 5.10 Å². The third kappa shape index (κ3) is 2.28. The maximum atomic E-state index is 13.2. The van der Waals surface area contributed by atoms with Gasteiger partial charge in [-0.1, -0.05) is 25.4 Å². The molecule has 0 atom stereocenters. The summed E-state index contributed by atoms with van der Waals surface area (Å²) in [5.74, 6) is -4.12. The summed E-state index contributed by atoms with van der Waals surface area (Å²) in [4.78, 5) is 0. The number of anilines is 1. The van der Waals surface area contributed by atoms with Crippen molar-refractivity contribution in [3.8, 4) is 5.69 Å². The zero-order chi connectivity index (χ0) is 14.3. The van der Waals surface area contributed by atoms with Crippen molar-refractivity contribution in [1.29, 1.82) is 0 Å². The molecule has 7 heteroatoms. The molecule has 1 heterocycles. The lowest BCUT2D eigenvalue weighted by Crippen LogP contribution is -2.05. The van der Waals surface area contributed by atoms with Crippen LogP contribution in [-0.4, -0.2) is 9.78 Å². The van der Waals surface area contributed by atoms with Crippen molar-refractivity contribution in [3.63, 3.8) is 0 Å². The Morgan fingerprint density at radius 3 is 2.16 bits per heavy atom. The van der Waals surface area contributed by atoms with Gasteiger partial charge in [0.15, 0.2) is 17.5 Å². The number of nitrogens with zero attached hydrogens (tertiary/aromatic N) is 2. The Morgan fingerprint density at radius 2 is 1.74 bits per heavy atom. The van der Waals surface area contributed by atoms with Crippen LogP contribution >= 0.6 is 11.6 Å². The fourth-order valence-corrected chi connectivity index (χ4v) is 2.00. The molecule has 3 nitrogen and oxygen atoms in total. The van der Waals surface area contributed by atoms with Crippen molar-refractivity contribution in [2.75, 3.05) is 5.73 Å². The molecule has 2 rings (SSSR count). The number of aromatic nitrogens is 2. The highest BCUT2D eigenvalue weighted by molar-refractivity contribution is 6.33. The van der Waals surface area contributed by atoms with Crippen molar-refractivity contribution >= 4 is 17.4 Å². The molecule has 0 fully saturated rings. The molecule has 0 spiro atoms. The number of hydrogen-bond acceptors (Lipinski definition) is 2. The van der Waals surface area contributed by atoms with Crippen LogP contribution in [0.2, 0.25) is 5.02 Å². The van der Waals surface area contributed by atoms with E-state index in [4.69, 9.17) is 17.3 Å². The van der Waals surface area contributed by atoms with E-state index in [1.54, 1.807) is 0 Å². The Bertz CT molecular complexity index is 614. The summed E-state index contributed by atoms with van der Waals surface area (Å²) in [6.45, 7) is 3.70. The second-order valence-electron chi connectivity index (χ2n) is 4.37. The van der Waals surface area contributed by atoms with Gasteiger partial charge in [-0.15, -0.1) is 0 Å². The highest BCUT2D eigenvalue weighted by atomic mass is 35.5. The lowest BCUT2D eigenvalue weighted by molar-refractivity contribution is 0.446. The molecule has 2 N–H and O–H groups in total.